The molecule has 1 heterocycles. The van der Waals surface area contributed by atoms with Gasteiger partial charge in [-0.25, -0.2) is 0 Å². The van der Waals surface area contributed by atoms with Crippen LogP contribution in [0.15, 0.2) is 192 Å². The summed E-state index contributed by atoms with van der Waals surface area (Å²) in [5.74, 6) is 0. The van der Waals surface area contributed by atoms with Crippen LogP contribution in [0.1, 0.15) is 0 Å². The molecular formula is C48H31NO. The van der Waals surface area contributed by atoms with Crippen LogP contribution >= 0.6 is 0 Å². The SMILES string of the molecule is c1ccc(-c2cccc(-c3cc4c5cccc(N(c6ccccc6)c6ccc7c(ccc8ccccc87)c6)c5oc4c4ccccc34)c2)cc1. The van der Waals surface area contributed by atoms with Crippen LogP contribution in [0.2, 0.25) is 0 Å². The molecule has 0 spiro atoms. The van der Waals surface area contributed by atoms with E-state index in [2.05, 4.69) is 193 Å². The van der Waals surface area contributed by atoms with Crippen molar-refractivity contribution in [1.82, 2.24) is 0 Å². The molecule has 9 aromatic carbocycles. The van der Waals surface area contributed by atoms with Gasteiger partial charge >= 0.3 is 0 Å². The van der Waals surface area contributed by atoms with E-state index < -0.39 is 0 Å². The van der Waals surface area contributed by atoms with E-state index >= 15 is 0 Å². The quantitative estimate of drug-likeness (QED) is 0.175. The Labute approximate surface area is 290 Å². The van der Waals surface area contributed by atoms with Crippen molar-refractivity contribution < 1.29 is 4.42 Å². The fourth-order valence-electron chi connectivity index (χ4n) is 7.66. The monoisotopic (exact) mass is 637 g/mol. The van der Waals surface area contributed by atoms with Gasteiger partial charge in [-0.1, -0.05) is 146 Å². The summed E-state index contributed by atoms with van der Waals surface area (Å²) in [6.45, 7) is 0. The van der Waals surface area contributed by atoms with Crippen LogP contribution in [-0.4, -0.2) is 0 Å². The summed E-state index contributed by atoms with van der Waals surface area (Å²) in [7, 11) is 0. The fraction of sp³-hybridized carbons (Fsp3) is 0. The Balaban J connectivity index is 1.20. The number of hydrogen-bond donors (Lipinski definition) is 0. The van der Waals surface area contributed by atoms with Crippen molar-refractivity contribution in [2.75, 3.05) is 4.90 Å². The summed E-state index contributed by atoms with van der Waals surface area (Å²) >= 11 is 0. The van der Waals surface area contributed by atoms with Crippen molar-refractivity contribution in [3.63, 3.8) is 0 Å². The summed E-state index contributed by atoms with van der Waals surface area (Å²) in [6, 6.07) is 67.3. The van der Waals surface area contributed by atoms with Gasteiger partial charge in [-0.05, 0) is 91.6 Å². The number of furan rings is 1. The summed E-state index contributed by atoms with van der Waals surface area (Å²) in [5, 5.41) is 9.44. The van der Waals surface area contributed by atoms with Crippen molar-refractivity contribution in [1.29, 1.82) is 0 Å². The molecule has 0 bridgehead atoms. The number of fused-ring (bicyclic) bond motifs is 8. The molecule has 0 N–H and O–H groups in total. The molecule has 10 aromatic rings. The second-order valence-corrected chi connectivity index (χ2v) is 12.9. The standard InChI is InChI=1S/C48H31NO/c1-3-13-32(14-4-1)34-16-11-17-35(29-34)44-31-45-43-23-12-24-46(48(43)50-47(45)42-22-10-9-21-41(42)44)49(37-18-5-2-6-19-37)38-27-28-40-36(30-38)26-25-33-15-7-8-20-39(33)40/h1-31H. The van der Waals surface area contributed by atoms with Gasteiger partial charge in [0.15, 0.2) is 5.58 Å². The average Bonchev–Trinajstić information content (AvgIpc) is 3.58. The molecule has 0 aliphatic rings. The van der Waals surface area contributed by atoms with E-state index in [1.165, 1.54) is 49.2 Å². The first kappa shape index (κ1) is 28.4. The summed E-state index contributed by atoms with van der Waals surface area (Å²) in [4.78, 5) is 2.33. The van der Waals surface area contributed by atoms with Crippen molar-refractivity contribution in [3.8, 4) is 22.3 Å². The first-order chi connectivity index (χ1) is 24.8. The van der Waals surface area contributed by atoms with Crippen molar-refractivity contribution >= 4 is 71.3 Å². The number of para-hydroxylation sites is 2. The third-order valence-corrected chi connectivity index (χ3v) is 10.0. The lowest BCUT2D eigenvalue weighted by molar-refractivity contribution is 0.673. The minimum atomic E-state index is 0.866. The van der Waals surface area contributed by atoms with Crippen LogP contribution < -0.4 is 4.90 Å². The Kier molecular flexibility index (Phi) is 6.53. The molecule has 0 fully saturated rings. The molecule has 0 saturated carbocycles. The van der Waals surface area contributed by atoms with Gasteiger partial charge in [0.25, 0.3) is 0 Å². The highest BCUT2D eigenvalue weighted by molar-refractivity contribution is 6.21. The van der Waals surface area contributed by atoms with Crippen LogP contribution in [0.5, 0.6) is 0 Å². The maximum atomic E-state index is 7.01. The smallest absolute Gasteiger partial charge is 0.159 e. The molecule has 0 unspecified atom stereocenters. The van der Waals surface area contributed by atoms with E-state index in [0.29, 0.717) is 0 Å². The Hall–Kier alpha value is -6.64. The van der Waals surface area contributed by atoms with Crippen LogP contribution in [0, 0.1) is 0 Å². The zero-order chi connectivity index (χ0) is 33.0. The van der Waals surface area contributed by atoms with Gasteiger partial charge in [-0.15, -0.1) is 0 Å². The fourth-order valence-corrected chi connectivity index (χ4v) is 7.66. The van der Waals surface area contributed by atoms with Gasteiger partial charge in [0.2, 0.25) is 0 Å². The Morgan fingerprint density at radius 1 is 0.320 bits per heavy atom. The summed E-state index contributed by atoms with van der Waals surface area (Å²) < 4.78 is 7.01. The van der Waals surface area contributed by atoms with E-state index in [4.69, 9.17) is 4.42 Å². The molecule has 0 aliphatic heterocycles. The van der Waals surface area contributed by atoms with Crippen LogP contribution in [0.3, 0.4) is 0 Å². The van der Waals surface area contributed by atoms with E-state index in [1.807, 2.05) is 0 Å². The minimum Gasteiger partial charge on any atom is -0.453 e. The van der Waals surface area contributed by atoms with E-state index in [1.54, 1.807) is 0 Å². The molecule has 0 amide bonds. The third kappa shape index (κ3) is 4.57. The molecule has 0 aliphatic carbocycles. The third-order valence-electron chi connectivity index (χ3n) is 10.0. The molecule has 10 rings (SSSR count). The molecular weight excluding hydrogens is 607 g/mol. The highest BCUT2D eigenvalue weighted by Gasteiger charge is 2.22. The topological polar surface area (TPSA) is 16.4 Å². The van der Waals surface area contributed by atoms with Crippen LogP contribution in [-0.2, 0) is 0 Å². The van der Waals surface area contributed by atoms with Gasteiger partial charge in [-0.2, -0.15) is 0 Å². The van der Waals surface area contributed by atoms with Gasteiger partial charge in [0, 0.05) is 27.5 Å². The van der Waals surface area contributed by atoms with Gasteiger partial charge in [-0.3, -0.25) is 0 Å². The lowest BCUT2D eigenvalue weighted by Gasteiger charge is -2.26. The lowest BCUT2D eigenvalue weighted by atomic mass is 9.93. The first-order valence-electron chi connectivity index (χ1n) is 17.1. The molecule has 50 heavy (non-hydrogen) atoms. The minimum absolute atomic E-state index is 0.866. The average molecular weight is 638 g/mol. The maximum absolute atomic E-state index is 7.01. The highest BCUT2D eigenvalue weighted by Crippen LogP contribution is 2.46. The van der Waals surface area contributed by atoms with Crippen molar-refractivity contribution in [2.45, 2.75) is 0 Å². The van der Waals surface area contributed by atoms with E-state index in [0.717, 1.165) is 44.4 Å². The molecule has 2 heteroatoms. The Morgan fingerprint density at radius 2 is 0.940 bits per heavy atom. The van der Waals surface area contributed by atoms with E-state index in [-0.39, 0.29) is 0 Å². The Bertz CT molecular complexity index is 2870. The molecule has 234 valence electrons. The van der Waals surface area contributed by atoms with Crippen molar-refractivity contribution in [2.24, 2.45) is 0 Å². The predicted octanol–water partition coefficient (Wildman–Crippen LogP) is 13.8. The summed E-state index contributed by atoms with van der Waals surface area (Å²) in [5.41, 5.74) is 9.72. The Morgan fingerprint density at radius 3 is 1.80 bits per heavy atom. The first-order valence-corrected chi connectivity index (χ1v) is 17.1. The van der Waals surface area contributed by atoms with Gasteiger partial charge in [0.05, 0.1) is 5.69 Å². The largest absolute Gasteiger partial charge is 0.453 e. The normalized spacial score (nSPS) is 11.6. The second-order valence-electron chi connectivity index (χ2n) is 12.9. The number of hydrogen-bond acceptors (Lipinski definition) is 2. The summed E-state index contributed by atoms with van der Waals surface area (Å²) in [6.07, 6.45) is 0. The number of nitrogens with zero attached hydrogens (tertiary/aromatic N) is 1. The van der Waals surface area contributed by atoms with Gasteiger partial charge < -0.3 is 9.32 Å². The molecule has 0 saturated heterocycles. The molecule has 0 atom stereocenters. The molecule has 1 aromatic heterocycles. The predicted molar refractivity (Wildman–Crippen MR) is 212 cm³/mol. The molecule has 2 nitrogen and oxygen atoms in total. The lowest BCUT2D eigenvalue weighted by Crippen LogP contribution is -2.10. The maximum Gasteiger partial charge on any atom is 0.159 e. The zero-order valence-electron chi connectivity index (χ0n) is 27.3. The number of rotatable bonds is 5. The highest BCUT2D eigenvalue weighted by atomic mass is 16.3. The van der Waals surface area contributed by atoms with Crippen molar-refractivity contribution in [3.05, 3.63) is 188 Å². The van der Waals surface area contributed by atoms with E-state index in [9.17, 15) is 0 Å². The number of benzene rings is 9. The van der Waals surface area contributed by atoms with Gasteiger partial charge in [0.1, 0.15) is 5.58 Å². The zero-order valence-corrected chi connectivity index (χ0v) is 27.3. The van der Waals surface area contributed by atoms with Crippen LogP contribution in [0.4, 0.5) is 17.1 Å². The second kappa shape index (κ2) is 11.5. The number of anilines is 3. The molecule has 0 radical (unpaired) electrons. The van der Waals surface area contributed by atoms with Crippen LogP contribution in [0.25, 0.3) is 76.5 Å².